The van der Waals surface area contributed by atoms with E-state index in [9.17, 15) is 0 Å². The third kappa shape index (κ3) is 5.27. The minimum Gasteiger partial charge on any atom is -1.00 e. The summed E-state index contributed by atoms with van der Waals surface area (Å²) >= 11 is -2.89. The molecule has 0 nitrogen and oxygen atoms in total. The summed E-state index contributed by atoms with van der Waals surface area (Å²) in [6, 6.07) is 50.5. The van der Waals surface area contributed by atoms with Crippen molar-refractivity contribution in [3.05, 3.63) is 178 Å². The topological polar surface area (TPSA) is 0 Å². The molecule has 8 aromatic rings. The number of rotatable bonds is 4. The van der Waals surface area contributed by atoms with Crippen LogP contribution in [0.4, 0.5) is 0 Å². The second-order valence-corrected chi connectivity index (χ2v) is 27.6. The van der Waals surface area contributed by atoms with Gasteiger partial charge in [-0.05, 0) is 0 Å². The van der Waals surface area contributed by atoms with Gasteiger partial charge in [-0.15, -0.1) is 0 Å². The van der Waals surface area contributed by atoms with Crippen LogP contribution in [0.3, 0.4) is 0 Å². The normalized spacial score (nSPS) is 17.2. The van der Waals surface area contributed by atoms with Crippen LogP contribution in [0.25, 0.3) is 77.5 Å². The fourth-order valence-corrected chi connectivity index (χ4v) is 29.2. The second-order valence-electron chi connectivity index (χ2n) is 16.3. The van der Waals surface area contributed by atoms with Crippen LogP contribution in [0.5, 0.6) is 0 Å². The number of hydrogen-bond acceptors (Lipinski definition) is 0. The minimum atomic E-state index is -2.89. The molecule has 2 unspecified atom stereocenters. The van der Waals surface area contributed by atoms with Crippen molar-refractivity contribution < 1.29 is 45.1 Å². The quantitative estimate of drug-likeness (QED) is 0.156. The van der Waals surface area contributed by atoms with Gasteiger partial charge in [-0.3, -0.25) is 0 Å². The SMILES string of the molecule is CC1=Cc2c(-c3cc4ccccc4c4ccccc34)ccc(C)c2[CH]1[Zr+2]1([CH]2C(C)=Cc3c(-c4cc5ccccc5c5ccccc45)ccc(C)c32)[CH2][CH2]1.[Cl-].[Cl-]. The van der Waals surface area contributed by atoms with Crippen LogP contribution in [-0.2, 0) is 20.3 Å². The molecule has 1 heterocycles. The van der Waals surface area contributed by atoms with Gasteiger partial charge in [0.1, 0.15) is 0 Å². The predicted octanol–water partition coefficient (Wildman–Crippen LogP) is 8.88. The molecule has 1 fully saturated rings. The first-order chi connectivity index (χ1) is 25.9. The number of hydrogen-bond donors (Lipinski definition) is 0. The number of halogens is 2. The van der Waals surface area contributed by atoms with E-state index in [-0.39, 0.29) is 24.8 Å². The summed E-state index contributed by atoms with van der Waals surface area (Å²) in [6.45, 7) is 9.73. The first-order valence-corrected chi connectivity index (χ1v) is 25.7. The third-order valence-electron chi connectivity index (χ3n) is 13.3. The van der Waals surface area contributed by atoms with Gasteiger partial charge in [0.25, 0.3) is 0 Å². The Balaban J connectivity index is 0.00000198. The van der Waals surface area contributed by atoms with E-state index >= 15 is 0 Å². The van der Waals surface area contributed by atoms with Gasteiger partial charge in [0.15, 0.2) is 0 Å². The monoisotopic (exact) mass is 826 g/mol. The Morgan fingerprint density at radius 1 is 0.400 bits per heavy atom. The Morgan fingerprint density at radius 2 is 0.764 bits per heavy atom. The molecule has 11 rings (SSSR count). The van der Waals surface area contributed by atoms with Crippen LogP contribution >= 0.6 is 0 Å². The molecular formula is C52H42Cl2Zr. The summed E-state index contributed by atoms with van der Waals surface area (Å²) in [7, 11) is 0. The van der Waals surface area contributed by atoms with Crippen LogP contribution in [0.1, 0.15) is 54.5 Å². The minimum absolute atomic E-state index is 0. The van der Waals surface area contributed by atoms with Crippen LogP contribution in [-0.4, -0.2) is 0 Å². The van der Waals surface area contributed by atoms with Crippen LogP contribution in [0, 0.1) is 13.8 Å². The molecule has 0 spiro atoms. The van der Waals surface area contributed by atoms with E-state index in [2.05, 4.69) is 173 Å². The van der Waals surface area contributed by atoms with Crippen molar-refractivity contribution in [3.8, 4) is 22.3 Å². The van der Waals surface area contributed by atoms with Gasteiger partial charge in [-0.25, -0.2) is 0 Å². The van der Waals surface area contributed by atoms with Gasteiger partial charge >= 0.3 is 319 Å². The van der Waals surface area contributed by atoms with Gasteiger partial charge in [-0.2, -0.15) is 0 Å². The second kappa shape index (κ2) is 13.4. The molecule has 8 aromatic carbocycles. The molecule has 268 valence electrons. The summed E-state index contributed by atoms with van der Waals surface area (Å²) < 4.78 is 4.14. The Kier molecular flexibility index (Phi) is 8.90. The summed E-state index contributed by atoms with van der Waals surface area (Å²) in [5.74, 6) is 0. The molecule has 0 bridgehead atoms. The third-order valence-corrected chi connectivity index (χ3v) is 26.7. The molecule has 55 heavy (non-hydrogen) atoms. The zero-order valence-corrected chi connectivity index (χ0v) is 35.7. The fourth-order valence-electron chi connectivity index (χ4n) is 11.0. The van der Waals surface area contributed by atoms with E-state index in [4.69, 9.17) is 0 Å². The largest absolute Gasteiger partial charge is 1.00 e. The molecule has 0 aromatic heterocycles. The van der Waals surface area contributed by atoms with E-state index in [1.54, 1.807) is 22.3 Å². The van der Waals surface area contributed by atoms with Gasteiger partial charge in [0.05, 0.1) is 0 Å². The maximum Gasteiger partial charge on any atom is -1.00 e. The maximum atomic E-state index is 2.61. The molecule has 0 amide bonds. The Morgan fingerprint density at radius 3 is 1.16 bits per heavy atom. The Labute approximate surface area is 341 Å². The first-order valence-electron chi connectivity index (χ1n) is 19.4. The van der Waals surface area contributed by atoms with Crippen molar-refractivity contribution in [2.75, 3.05) is 0 Å². The number of allylic oxidation sites excluding steroid dienone is 2. The van der Waals surface area contributed by atoms with Crippen molar-refractivity contribution in [2.45, 2.75) is 43.2 Å². The zero-order chi connectivity index (χ0) is 35.6. The average Bonchev–Trinajstić information content (AvgIpc) is 3.76. The van der Waals surface area contributed by atoms with E-state index < -0.39 is 20.3 Å². The van der Waals surface area contributed by atoms with E-state index in [0.29, 0.717) is 7.25 Å². The smallest absolute Gasteiger partial charge is 1.00 e. The average molecular weight is 829 g/mol. The molecule has 2 aliphatic carbocycles. The molecule has 1 saturated heterocycles. The Bertz CT molecular complexity index is 2760. The molecule has 2 atom stereocenters. The predicted molar refractivity (Wildman–Crippen MR) is 226 cm³/mol. The Hall–Kier alpha value is -4.26. The summed E-state index contributed by atoms with van der Waals surface area (Å²) in [6.07, 6.45) is 5.23. The van der Waals surface area contributed by atoms with E-state index in [1.807, 2.05) is 0 Å². The van der Waals surface area contributed by atoms with Crippen molar-refractivity contribution in [1.29, 1.82) is 0 Å². The van der Waals surface area contributed by atoms with Crippen molar-refractivity contribution in [2.24, 2.45) is 0 Å². The fraction of sp³-hybridized carbons (Fsp3) is 0.154. The number of benzene rings is 8. The van der Waals surface area contributed by atoms with Crippen LogP contribution in [0.2, 0.25) is 8.26 Å². The van der Waals surface area contributed by atoms with Gasteiger partial charge in [-0.1, -0.05) is 0 Å². The molecule has 0 N–H and O–H groups in total. The molecule has 3 heteroatoms. The standard InChI is InChI=1S/2C25H19.C2H4.2ClH.Zr/c2*1-16-13-23-17(2)11-12-22(24(23)14-16)25-15-18-7-3-4-8-19(18)20-9-5-6-10-21(20)25;1-2;;;/h2*3-15H,1-2H3;1-2H2;2*1H;/q;;;;;+2/p-2. The van der Waals surface area contributed by atoms with E-state index in [1.165, 1.54) is 95.9 Å². The van der Waals surface area contributed by atoms with E-state index in [0.717, 1.165) is 0 Å². The number of fused-ring (bicyclic) bond motifs is 8. The van der Waals surface area contributed by atoms with Gasteiger partial charge < -0.3 is 24.8 Å². The van der Waals surface area contributed by atoms with Crippen LogP contribution in [0.15, 0.2) is 145 Å². The maximum absolute atomic E-state index is 2.89. The molecule has 0 saturated carbocycles. The summed E-state index contributed by atoms with van der Waals surface area (Å²) in [5.41, 5.74) is 18.0. The first kappa shape index (κ1) is 36.4. The van der Waals surface area contributed by atoms with Crippen molar-refractivity contribution in [3.63, 3.8) is 0 Å². The summed E-state index contributed by atoms with van der Waals surface area (Å²) in [4.78, 5) is 0. The molecule has 1 aliphatic heterocycles. The molecule has 0 radical (unpaired) electrons. The molecular weight excluding hydrogens is 787 g/mol. The van der Waals surface area contributed by atoms with Gasteiger partial charge in [0, 0.05) is 0 Å². The zero-order valence-electron chi connectivity index (χ0n) is 31.7. The van der Waals surface area contributed by atoms with Crippen molar-refractivity contribution >= 4 is 55.2 Å². The summed E-state index contributed by atoms with van der Waals surface area (Å²) in [5, 5.41) is 10.7. The number of aryl methyl sites for hydroxylation is 2. The van der Waals surface area contributed by atoms with Crippen molar-refractivity contribution in [1.82, 2.24) is 0 Å². The van der Waals surface area contributed by atoms with Crippen LogP contribution < -0.4 is 24.8 Å². The molecule has 3 aliphatic rings. The van der Waals surface area contributed by atoms with Gasteiger partial charge in [0.2, 0.25) is 0 Å².